The van der Waals surface area contributed by atoms with Crippen molar-refractivity contribution in [2.75, 3.05) is 0 Å². The van der Waals surface area contributed by atoms with Crippen molar-refractivity contribution in [1.82, 2.24) is 13.9 Å². The van der Waals surface area contributed by atoms with Gasteiger partial charge in [-0.05, 0) is 37.3 Å². The number of benzene rings is 2. The molecule has 148 valence electrons. The highest BCUT2D eigenvalue weighted by molar-refractivity contribution is 5.48. The van der Waals surface area contributed by atoms with E-state index in [2.05, 4.69) is 60.7 Å². The molecule has 1 aliphatic carbocycles. The van der Waals surface area contributed by atoms with Crippen LogP contribution in [0.25, 0.3) is 0 Å². The van der Waals surface area contributed by atoms with Gasteiger partial charge >= 0.3 is 11.4 Å². The van der Waals surface area contributed by atoms with Gasteiger partial charge in [0.05, 0.1) is 11.6 Å². The van der Waals surface area contributed by atoms with E-state index in [0.717, 1.165) is 6.42 Å². The molecule has 0 N–H and O–H groups in total. The van der Waals surface area contributed by atoms with Crippen LogP contribution in [0.15, 0.2) is 82.4 Å². The van der Waals surface area contributed by atoms with Crippen molar-refractivity contribution >= 4 is 0 Å². The topological polar surface area (TPSA) is 48.9 Å². The summed E-state index contributed by atoms with van der Waals surface area (Å²) in [4.78, 5) is 25.8. The molecule has 1 fully saturated rings. The summed E-state index contributed by atoms with van der Waals surface area (Å²) >= 11 is 0. The largest absolute Gasteiger partial charge is 0.347 e. The third-order valence-electron chi connectivity index (χ3n) is 6.70. The Morgan fingerprint density at radius 1 is 0.862 bits per heavy atom. The Hall–Kier alpha value is -3.08. The van der Waals surface area contributed by atoms with Crippen LogP contribution >= 0.6 is 0 Å². The molecule has 0 saturated heterocycles. The first-order valence-corrected chi connectivity index (χ1v) is 10.1. The number of hydrogen-bond donors (Lipinski definition) is 0. The first-order valence-electron chi connectivity index (χ1n) is 10.1. The van der Waals surface area contributed by atoms with Crippen LogP contribution in [0.4, 0.5) is 0 Å². The van der Waals surface area contributed by atoms with Crippen LogP contribution in [-0.2, 0) is 18.0 Å². The Morgan fingerprint density at radius 3 is 1.97 bits per heavy atom. The molecule has 0 amide bonds. The monoisotopic (exact) mass is 387 g/mol. The van der Waals surface area contributed by atoms with Crippen molar-refractivity contribution in [2.24, 2.45) is 13.0 Å². The van der Waals surface area contributed by atoms with Gasteiger partial charge in [-0.3, -0.25) is 0 Å². The van der Waals surface area contributed by atoms with E-state index in [1.54, 1.807) is 16.4 Å². The Balaban J connectivity index is 1.69. The van der Waals surface area contributed by atoms with Gasteiger partial charge in [0.2, 0.25) is 0 Å². The quantitative estimate of drug-likeness (QED) is 0.648. The maximum atomic E-state index is 13.0. The fourth-order valence-electron chi connectivity index (χ4n) is 5.13. The van der Waals surface area contributed by atoms with Gasteiger partial charge in [-0.1, -0.05) is 72.8 Å². The minimum absolute atomic E-state index is 0.158. The van der Waals surface area contributed by atoms with Gasteiger partial charge < -0.3 is 0 Å². The second-order valence-electron chi connectivity index (χ2n) is 8.80. The second-order valence-corrected chi connectivity index (χ2v) is 8.80. The molecule has 1 saturated carbocycles. The molecule has 0 radical (unpaired) electrons. The molecule has 2 heterocycles. The SMILES string of the molecule is Cn1c(=O)n2n(c1=O)C(C)(C)C=CC2C1CC1(c1ccccc1)c1ccccc1. The molecule has 2 aromatic carbocycles. The minimum atomic E-state index is -0.537. The Kier molecular flexibility index (Phi) is 3.69. The molecule has 1 aromatic heterocycles. The van der Waals surface area contributed by atoms with Crippen molar-refractivity contribution in [1.29, 1.82) is 0 Å². The highest BCUT2D eigenvalue weighted by Gasteiger charge is 2.60. The average Bonchev–Trinajstić information content (AvgIpc) is 3.44. The van der Waals surface area contributed by atoms with E-state index in [1.807, 2.05) is 26.0 Å². The molecule has 2 atom stereocenters. The number of aromatic nitrogens is 3. The van der Waals surface area contributed by atoms with Gasteiger partial charge in [-0.15, -0.1) is 0 Å². The van der Waals surface area contributed by atoms with Gasteiger partial charge in [0.1, 0.15) is 0 Å². The summed E-state index contributed by atoms with van der Waals surface area (Å²) in [6, 6.07) is 20.9. The summed E-state index contributed by atoms with van der Waals surface area (Å²) in [6.45, 7) is 3.93. The third-order valence-corrected chi connectivity index (χ3v) is 6.70. The van der Waals surface area contributed by atoms with Crippen LogP contribution in [0.5, 0.6) is 0 Å². The highest BCUT2D eigenvalue weighted by Crippen LogP contribution is 2.63. The van der Waals surface area contributed by atoms with Gasteiger partial charge in [0, 0.05) is 12.5 Å². The molecule has 5 rings (SSSR count). The van der Waals surface area contributed by atoms with E-state index >= 15 is 0 Å². The maximum Gasteiger partial charge on any atom is 0.347 e. The number of fused-ring (bicyclic) bond motifs is 1. The van der Waals surface area contributed by atoms with Crippen LogP contribution in [0, 0.1) is 5.92 Å². The molecular formula is C24H25N3O2. The zero-order valence-electron chi connectivity index (χ0n) is 16.9. The smallest absolute Gasteiger partial charge is 0.246 e. The summed E-state index contributed by atoms with van der Waals surface area (Å²) in [7, 11) is 1.56. The number of hydrogen-bond acceptors (Lipinski definition) is 2. The standard InChI is InChI=1S/C24H25N3O2/c1-23(2)15-14-20(26-21(28)25(3)22(29)27(23)26)19-16-24(19,17-10-6-4-7-11-17)18-12-8-5-9-13-18/h4-15,19-20H,16H2,1-3H3. The molecule has 2 unspecified atom stereocenters. The number of allylic oxidation sites excluding steroid dienone is 2. The lowest BCUT2D eigenvalue weighted by molar-refractivity contribution is 0.257. The fraction of sp³-hybridized carbons (Fsp3) is 0.333. The lowest BCUT2D eigenvalue weighted by Crippen LogP contribution is -2.44. The lowest BCUT2D eigenvalue weighted by Gasteiger charge is -2.33. The zero-order valence-corrected chi connectivity index (χ0v) is 16.9. The van der Waals surface area contributed by atoms with Crippen molar-refractivity contribution in [2.45, 2.75) is 37.3 Å². The highest BCUT2D eigenvalue weighted by atomic mass is 16.2. The zero-order chi connectivity index (χ0) is 20.4. The molecule has 5 nitrogen and oxygen atoms in total. The summed E-state index contributed by atoms with van der Waals surface area (Å²) in [6.07, 6.45) is 5.13. The van der Waals surface area contributed by atoms with Gasteiger partial charge in [-0.2, -0.15) is 0 Å². The third kappa shape index (κ3) is 2.40. The molecule has 1 aliphatic heterocycles. The molecule has 29 heavy (non-hydrogen) atoms. The van der Waals surface area contributed by atoms with E-state index < -0.39 is 5.54 Å². The Morgan fingerprint density at radius 2 is 1.41 bits per heavy atom. The molecule has 0 bridgehead atoms. The van der Waals surface area contributed by atoms with E-state index in [0.29, 0.717) is 0 Å². The first-order chi connectivity index (χ1) is 13.9. The maximum absolute atomic E-state index is 13.0. The van der Waals surface area contributed by atoms with Gasteiger partial charge in [-0.25, -0.2) is 23.5 Å². The molecule has 5 heteroatoms. The van der Waals surface area contributed by atoms with Crippen molar-refractivity contribution in [3.05, 3.63) is 105 Å². The van der Waals surface area contributed by atoms with E-state index in [-0.39, 0.29) is 28.8 Å². The van der Waals surface area contributed by atoms with Crippen molar-refractivity contribution < 1.29 is 0 Å². The van der Waals surface area contributed by atoms with Gasteiger partial charge in [0.25, 0.3) is 0 Å². The predicted molar refractivity (Wildman–Crippen MR) is 113 cm³/mol. The van der Waals surface area contributed by atoms with Gasteiger partial charge in [0.15, 0.2) is 0 Å². The van der Waals surface area contributed by atoms with Crippen molar-refractivity contribution in [3.8, 4) is 0 Å². The van der Waals surface area contributed by atoms with Crippen molar-refractivity contribution in [3.63, 3.8) is 0 Å². The Bertz CT molecular complexity index is 1170. The summed E-state index contributed by atoms with van der Waals surface area (Å²) in [5.41, 5.74) is 1.30. The number of rotatable bonds is 3. The van der Waals surface area contributed by atoms with Crippen LogP contribution in [-0.4, -0.2) is 13.9 Å². The predicted octanol–water partition coefficient (Wildman–Crippen LogP) is 3.20. The van der Waals surface area contributed by atoms with Crippen LogP contribution in [0.3, 0.4) is 0 Å². The first kappa shape index (κ1) is 18.0. The minimum Gasteiger partial charge on any atom is -0.246 e. The summed E-state index contributed by atoms with van der Waals surface area (Å²) < 4.78 is 4.52. The Labute approximate surface area is 169 Å². The molecule has 0 spiro atoms. The lowest BCUT2D eigenvalue weighted by atomic mass is 9.83. The van der Waals surface area contributed by atoms with E-state index in [1.165, 1.54) is 15.7 Å². The normalized spacial score (nSPS) is 23.6. The van der Waals surface area contributed by atoms with Crippen LogP contribution < -0.4 is 11.4 Å². The van der Waals surface area contributed by atoms with Crippen LogP contribution in [0.1, 0.15) is 37.4 Å². The summed E-state index contributed by atoms with van der Waals surface area (Å²) in [5, 5.41) is 0. The van der Waals surface area contributed by atoms with Crippen LogP contribution in [0.2, 0.25) is 0 Å². The molecule has 3 aromatic rings. The summed E-state index contributed by atoms with van der Waals surface area (Å²) in [5.74, 6) is 0.199. The van der Waals surface area contributed by atoms with E-state index in [9.17, 15) is 9.59 Å². The fourth-order valence-corrected chi connectivity index (χ4v) is 5.13. The van der Waals surface area contributed by atoms with E-state index in [4.69, 9.17) is 0 Å². The molecular weight excluding hydrogens is 362 g/mol. The average molecular weight is 387 g/mol. The molecule has 2 aliphatic rings. The number of nitrogens with zero attached hydrogens (tertiary/aromatic N) is 3. The second kappa shape index (κ2) is 5.96.